The van der Waals surface area contributed by atoms with Crippen LogP contribution in [0.5, 0.6) is 0 Å². The quantitative estimate of drug-likeness (QED) is 0.521. The minimum absolute atomic E-state index is 0. The molecular formula is C10H21ClN4. The standard InChI is InChI=1S/C10H20N4.ClH/c11-10(12)14-7-3-9(4-8-14)13-5-1-2-6-13;/h9H,1-8H2,(H3,11,12);1H. The Balaban J connectivity index is 0.00000112. The van der Waals surface area contributed by atoms with Crippen LogP contribution in [0.1, 0.15) is 25.7 Å². The Morgan fingerprint density at radius 1 is 1.07 bits per heavy atom. The molecule has 0 aliphatic carbocycles. The molecule has 2 aliphatic heterocycles. The molecule has 5 heteroatoms. The number of nitrogens with one attached hydrogen (secondary N) is 1. The van der Waals surface area contributed by atoms with Crippen LogP contribution in [0, 0.1) is 5.41 Å². The van der Waals surface area contributed by atoms with E-state index in [-0.39, 0.29) is 18.4 Å². The van der Waals surface area contributed by atoms with Crippen LogP contribution in [0.4, 0.5) is 0 Å². The monoisotopic (exact) mass is 232 g/mol. The summed E-state index contributed by atoms with van der Waals surface area (Å²) in [6, 6.07) is 0.757. The lowest BCUT2D eigenvalue weighted by Gasteiger charge is -2.36. The van der Waals surface area contributed by atoms with Gasteiger partial charge in [-0.15, -0.1) is 12.4 Å². The van der Waals surface area contributed by atoms with Crippen molar-refractivity contribution in [2.75, 3.05) is 26.2 Å². The Hall–Kier alpha value is -0.480. The lowest BCUT2D eigenvalue weighted by molar-refractivity contribution is 0.162. The molecule has 88 valence electrons. The van der Waals surface area contributed by atoms with Gasteiger partial charge in [0.15, 0.2) is 5.96 Å². The van der Waals surface area contributed by atoms with E-state index in [9.17, 15) is 0 Å². The van der Waals surface area contributed by atoms with Crippen molar-refractivity contribution in [3.8, 4) is 0 Å². The molecule has 0 atom stereocenters. The summed E-state index contributed by atoms with van der Waals surface area (Å²) < 4.78 is 0. The Morgan fingerprint density at radius 3 is 2.07 bits per heavy atom. The topological polar surface area (TPSA) is 56.4 Å². The van der Waals surface area contributed by atoms with E-state index in [1.165, 1.54) is 38.8 Å². The second kappa shape index (κ2) is 5.56. The molecule has 2 fully saturated rings. The van der Waals surface area contributed by atoms with E-state index in [4.69, 9.17) is 11.1 Å². The van der Waals surface area contributed by atoms with Gasteiger partial charge in [0.1, 0.15) is 0 Å². The van der Waals surface area contributed by atoms with Gasteiger partial charge >= 0.3 is 0 Å². The Labute approximate surface area is 97.7 Å². The largest absolute Gasteiger partial charge is 0.370 e. The molecule has 4 nitrogen and oxygen atoms in total. The SMILES string of the molecule is Cl.N=C(N)N1CCC(N2CCCC2)CC1. The molecule has 0 aromatic rings. The summed E-state index contributed by atoms with van der Waals surface area (Å²) in [4.78, 5) is 4.59. The van der Waals surface area contributed by atoms with Crippen LogP contribution >= 0.6 is 12.4 Å². The van der Waals surface area contributed by atoms with E-state index in [2.05, 4.69) is 4.90 Å². The van der Waals surface area contributed by atoms with Crippen LogP contribution in [0.3, 0.4) is 0 Å². The molecule has 0 spiro atoms. The van der Waals surface area contributed by atoms with Gasteiger partial charge in [-0.1, -0.05) is 0 Å². The Bertz CT molecular complexity index is 207. The minimum Gasteiger partial charge on any atom is -0.370 e. The summed E-state index contributed by atoms with van der Waals surface area (Å²) in [6.07, 6.45) is 5.10. The van der Waals surface area contributed by atoms with Gasteiger partial charge in [0.25, 0.3) is 0 Å². The first-order chi connectivity index (χ1) is 6.77. The first-order valence-corrected chi connectivity index (χ1v) is 5.60. The molecule has 0 amide bonds. The average Bonchev–Trinajstić information content (AvgIpc) is 2.71. The fourth-order valence-corrected chi connectivity index (χ4v) is 2.58. The van der Waals surface area contributed by atoms with Gasteiger partial charge in [-0.2, -0.15) is 0 Å². The second-order valence-corrected chi connectivity index (χ2v) is 4.35. The van der Waals surface area contributed by atoms with E-state index >= 15 is 0 Å². The van der Waals surface area contributed by atoms with Crippen molar-refractivity contribution in [1.82, 2.24) is 9.80 Å². The molecule has 0 bridgehead atoms. The van der Waals surface area contributed by atoms with Crippen LogP contribution < -0.4 is 5.73 Å². The number of nitrogens with zero attached hydrogens (tertiary/aromatic N) is 2. The number of hydrogen-bond acceptors (Lipinski definition) is 2. The predicted molar refractivity (Wildman–Crippen MR) is 64.6 cm³/mol. The maximum atomic E-state index is 7.35. The van der Waals surface area contributed by atoms with Gasteiger partial charge in [-0.05, 0) is 38.8 Å². The number of guanidine groups is 1. The van der Waals surface area contributed by atoms with E-state index in [0.29, 0.717) is 0 Å². The minimum atomic E-state index is 0. The zero-order valence-corrected chi connectivity index (χ0v) is 9.93. The molecule has 0 aromatic heterocycles. The second-order valence-electron chi connectivity index (χ2n) is 4.35. The average molecular weight is 233 g/mol. The van der Waals surface area contributed by atoms with Gasteiger partial charge in [-0.3, -0.25) is 5.41 Å². The number of halogens is 1. The highest BCUT2D eigenvalue weighted by molar-refractivity contribution is 5.85. The third kappa shape index (κ3) is 2.98. The maximum absolute atomic E-state index is 7.35. The predicted octanol–water partition coefficient (Wildman–Crippen LogP) is 0.862. The summed E-state index contributed by atoms with van der Waals surface area (Å²) in [6.45, 7) is 4.50. The fourth-order valence-electron chi connectivity index (χ4n) is 2.58. The number of likely N-dealkylation sites (tertiary alicyclic amines) is 2. The molecule has 0 aromatic carbocycles. The number of piperidine rings is 1. The molecule has 2 aliphatic rings. The van der Waals surface area contributed by atoms with E-state index in [0.717, 1.165) is 19.1 Å². The number of nitrogens with two attached hydrogens (primary N) is 1. The first kappa shape index (κ1) is 12.6. The van der Waals surface area contributed by atoms with Gasteiger partial charge < -0.3 is 15.5 Å². The summed E-state index contributed by atoms with van der Waals surface area (Å²) in [7, 11) is 0. The highest BCUT2D eigenvalue weighted by Gasteiger charge is 2.26. The third-order valence-electron chi connectivity index (χ3n) is 3.46. The van der Waals surface area contributed by atoms with Crippen molar-refractivity contribution in [2.45, 2.75) is 31.7 Å². The molecule has 0 unspecified atom stereocenters. The van der Waals surface area contributed by atoms with E-state index in [1.807, 2.05) is 4.90 Å². The number of hydrogen-bond donors (Lipinski definition) is 2. The lowest BCUT2D eigenvalue weighted by atomic mass is 10.0. The van der Waals surface area contributed by atoms with Crippen molar-refractivity contribution in [2.24, 2.45) is 5.73 Å². The summed E-state index contributed by atoms with van der Waals surface area (Å²) in [5, 5.41) is 7.35. The van der Waals surface area contributed by atoms with Crippen LogP contribution in [0.15, 0.2) is 0 Å². The zero-order valence-electron chi connectivity index (χ0n) is 9.11. The summed E-state index contributed by atoms with van der Waals surface area (Å²) in [5.74, 6) is 0.241. The van der Waals surface area contributed by atoms with Crippen molar-refractivity contribution >= 4 is 18.4 Å². The molecule has 0 radical (unpaired) electrons. The van der Waals surface area contributed by atoms with Gasteiger partial charge in [0.05, 0.1) is 0 Å². The highest BCUT2D eigenvalue weighted by atomic mass is 35.5. The van der Waals surface area contributed by atoms with Crippen LogP contribution in [0.25, 0.3) is 0 Å². The highest BCUT2D eigenvalue weighted by Crippen LogP contribution is 2.20. The maximum Gasteiger partial charge on any atom is 0.188 e. The van der Waals surface area contributed by atoms with Crippen molar-refractivity contribution in [1.29, 1.82) is 5.41 Å². The van der Waals surface area contributed by atoms with Gasteiger partial charge in [0, 0.05) is 19.1 Å². The zero-order chi connectivity index (χ0) is 9.97. The lowest BCUT2D eigenvalue weighted by Crippen LogP contribution is -2.47. The van der Waals surface area contributed by atoms with Crippen molar-refractivity contribution in [3.63, 3.8) is 0 Å². The molecule has 15 heavy (non-hydrogen) atoms. The molecular weight excluding hydrogens is 212 g/mol. The van der Waals surface area contributed by atoms with Crippen LogP contribution in [-0.4, -0.2) is 48.0 Å². The van der Waals surface area contributed by atoms with Gasteiger partial charge in [-0.25, -0.2) is 0 Å². The summed E-state index contributed by atoms with van der Waals surface area (Å²) in [5.41, 5.74) is 5.46. The van der Waals surface area contributed by atoms with Crippen molar-refractivity contribution < 1.29 is 0 Å². The number of rotatable bonds is 1. The normalized spacial score (nSPS) is 23.9. The Morgan fingerprint density at radius 2 is 1.60 bits per heavy atom. The van der Waals surface area contributed by atoms with Crippen molar-refractivity contribution in [3.05, 3.63) is 0 Å². The first-order valence-electron chi connectivity index (χ1n) is 5.60. The Kier molecular flexibility index (Phi) is 4.67. The van der Waals surface area contributed by atoms with E-state index < -0.39 is 0 Å². The third-order valence-corrected chi connectivity index (χ3v) is 3.46. The summed E-state index contributed by atoms with van der Waals surface area (Å²) >= 11 is 0. The molecule has 0 saturated carbocycles. The van der Waals surface area contributed by atoms with Crippen LogP contribution in [0.2, 0.25) is 0 Å². The smallest absolute Gasteiger partial charge is 0.188 e. The van der Waals surface area contributed by atoms with Gasteiger partial charge in [0.2, 0.25) is 0 Å². The van der Waals surface area contributed by atoms with E-state index in [1.54, 1.807) is 0 Å². The molecule has 2 rings (SSSR count). The molecule has 3 N–H and O–H groups in total. The van der Waals surface area contributed by atoms with Crippen LogP contribution in [-0.2, 0) is 0 Å². The fraction of sp³-hybridized carbons (Fsp3) is 0.900. The molecule has 2 saturated heterocycles. The molecule has 2 heterocycles.